The highest BCUT2D eigenvalue weighted by Gasteiger charge is 2.14. The van der Waals surface area contributed by atoms with Crippen LogP contribution >= 0.6 is 0 Å². The molecule has 0 aliphatic carbocycles. The summed E-state index contributed by atoms with van der Waals surface area (Å²) in [7, 11) is 3.13. The molecule has 0 spiro atoms. The number of aliphatic hydroxyl groups excluding tert-OH is 1. The molecule has 17 heavy (non-hydrogen) atoms. The Bertz CT molecular complexity index is 476. The molecule has 0 amide bonds. The van der Waals surface area contributed by atoms with E-state index < -0.39 is 6.10 Å². The molecule has 1 atom stereocenters. The van der Waals surface area contributed by atoms with E-state index in [0.29, 0.717) is 17.1 Å². The molecule has 0 aliphatic heterocycles. The summed E-state index contributed by atoms with van der Waals surface area (Å²) in [6.07, 6.45) is 2.31. The first-order chi connectivity index (χ1) is 8.26. The van der Waals surface area contributed by atoms with Crippen molar-refractivity contribution < 1.29 is 19.0 Å². The largest absolute Gasteiger partial charge is 0.493 e. The predicted molar refractivity (Wildman–Crippen MR) is 62.3 cm³/mol. The molecule has 90 valence electrons. The summed E-state index contributed by atoms with van der Waals surface area (Å²) in [5, 5.41) is 10.1. The topological polar surface area (TPSA) is 51.8 Å². The lowest BCUT2D eigenvalue weighted by molar-refractivity contribution is 0.218. The first-order valence-corrected chi connectivity index (χ1v) is 5.18. The zero-order chi connectivity index (χ0) is 12.3. The van der Waals surface area contributed by atoms with E-state index in [1.807, 2.05) is 0 Å². The Hall–Kier alpha value is -1.94. The van der Waals surface area contributed by atoms with Crippen LogP contribution in [0.1, 0.15) is 17.2 Å². The van der Waals surface area contributed by atoms with E-state index in [1.54, 1.807) is 38.5 Å². The van der Waals surface area contributed by atoms with Gasteiger partial charge in [-0.05, 0) is 23.8 Å². The van der Waals surface area contributed by atoms with Crippen molar-refractivity contribution in [3.05, 3.63) is 47.9 Å². The molecule has 0 saturated heterocycles. The van der Waals surface area contributed by atoms with E-state index in [2.05, 4.69) is 0 Å². The van der Waals surface area contributed by atoms with Crippen molar-refractivity contribution in [2.75, 3.05) is 14.2 Å². The number of benzene rings is 1. The van der Waals surface area contributed by atoms with Gasteiger partial charge in [-0.25, -0.2) is 0 Å². The van der Waals surface area contributed by atoms with Crippen molar-refractivity contribution in [1.82, 2.24) is 0 Å². The number of aliphatic hydroxyl groups is 1. The van der Waals surface area contributed by atoms with Crippen LogP contribution in [0.15, 0.2) is 41.2 Å². The van der Waals surface area contributed by atoms with Crippen LogP contribution in [0.25, 0.3) is 0 Å². The maximum atomic E-state index is 10.1. The molecular formula is C13H14O4. The van der Waals surface area contributed by atoms with Gasteiger partial charge in [0.05, 0.1) is 26.7 Å². The van der Waals surface area contributed by atoms with Crippen molar-refractivity contribution in [2.24, 2.45) is 0 Å². The molecule has 4 heteroatoms. The van der Waals surface area contributed by atoms with Gasteiger partial charge in [0.1, 0.15) is 6.10 Å². The van der Waals surface area contributed by atoms with Crippen LogP contribution in [0.4, 0.5) is 0 Å². The van der Waals surface area contributed by atoms with Gasteiger partial charge in [0.15, 0.2) is 11.5 Å². The highest BCUT2D eigenvalue weighted by molar-refractivity contribution is 5.44. The van der Waals surface area contributed by atoms with Crippen molar-refractivity contribution >= 4 is 0 Å². The Kier molecular flexibility index (Phi) is 3.35. The van der Waals surface area contributed by atoms with Crippen molar-refractivity contribution in [2.45, 2.75) is 6.10 Å². The first kappa shape index (κ1) is 11.5. The Labute approximate surface area is 99.4 Å². The third-order valence-corrected chi connectivity index (χ3v) is 2.58. The van der Waals surface area contributed by atoms with Crippen LogP contribution < -0.4 is 9.47 Å². The van der Waals surface area contributed by atoms with Crippen molar-refractivity contribution in [1.29, 1.82) is 0 Å². The Morgan fingerprint density at radius 2 is 1.82 bits per heavy atom. The predicted octanol–water partition coefficient (Wildman–Crippen LogP) is 2.38. The molecule has 1 heterocycles. The van der Waals surface area contributed by atoms with Crippen LogP contribution in [0, 0.1) is 0 Å². The highest BCUT2D eigenvalue weighted by atomic mass is 16.5. The van der Waals surface area contributed by atoms with Gasteiger partial charge in [-0.1, -0.05) is 6.07 Å². The maximum absolute atomic E-state index is 10.1. The fourth-order valence-electron chi connectivity index (χ4n) is 1.65. The van der Waals surface area contributed by atoms with Crippen LogP contribution in [0.3, 0.4) is 0 Å². The monoisotopic (exact) mass is 234 g/mol. The normalized spacial score (nSPS) is 12.2. The average molecular weight is 234 g/mol. The lowest BCUT2D eigenvalue weighted by atomic mass is 10.0. The molecular weight excluding hydrogens is 220 g/mol. The number of ether oxygens (including phenoxy) is 2. The van der Waals surface area contributed by atoms with Gasteiger partial charge in [0.25, 0.3) is 0 Å². The Balaban J connectivity index is 2.33. The van der Waals surface area contributed by atoms with E-state index in [9.17, 15) is 5.11 Å². The summed E-state index contributed by atoms with van der Waals surface area (Å²) < 4.78 is 15.3. The van der Waals surface area contributed by atoms with E-state index >= 15 is 0 Å². The van der Waals surface area contributed by atoms with E-state index in [-0.39, 0.29) is 0 Å². The van der Waals surface area contributed by atoms with Crippen LogP contribution in [0.5, 0.6) is 11.5 Å². The molecule has 0 radical (unpaired) electrons. The highest BCUT2D eigenvalue weighted by Crippen LogP contribution is 2.32. The van der Waals surface area contributed by atoms with E-state index in [1.165, 1.54) is 12.5 Å². The third kappa shape index (κ3) is 2.26. The average Bonchev–Trinajstić information content (AvgIpc) is 2.90. The van der Waals surface area contributed by atoms with Crippen LogP contribution in [-0.4, -0.2) is 19.3 Å². The van der Waals surface area contributed by atoms with Crippen LogP contribution in [-0.2, 0) is 0 Å². The van der Waals surface area contributed by atoms with Gasteiger partial charge < -0.3 is 19.0 Å². The summed E-state index contributed by atoms with van der Waals surface area (Å²) in [5.74, 6) is 1.23. The summed E-state index contributed by atoms with van der Waals surface area (Å²) in [4.78, 5) is 0. The number of furan rings is 1. The van der Waals surface area contributed by atoms with Gasteiger partial charge in [-0.15, -0.1) is 0 Å². The van der Waals surface area contributed by atoms with Gasteiger partial charge >= 0.3 is 0 Å². The maximum Gasteiger partial charge on any atom is 0.161 e. The minimum Gasteiger partial charge on any atom is -0.493 e. The van der Waals surface area contributed by atoms with Gasteiger partial charge in [-0.3, -0.25) is 0 Å². The molecule has 0 unspecified atom stereocenters. The molecule has 2 rings (SSSR count). The summed E-state index contributed by atoms with van der Waals surface area (Å²) >= 11 is 0. The van der Waals surface area contributed by atoms with Crippen molar-refractivity contribution in [3.8, 4) is 11.5 Å². The minimum absolute atomic E-state index is 0.590. The Morgan fingerprint density at radius 1 is 1.06 bits per heavy atom. The lowest BCUT2D eigenvalue weighted by Crippen LogP contribution is -1.99. The minimum atomic E-state index is -0.728. The zero-order valence-electron chi connectivity index (χ0n) is 9.71. The second-order valence-electron chi connectivity index (χ2n) is 3.57. The molecule has 0 bridgehead atoms. The van der Waals surface area contributed by atoms with Gasteiger partial charge in [-0.2, -0.15) is 0 Å². The van der Waals surface area contributed by atoms with Gasteiger partial charge in [0.2, 0.25) is 0 Å². The summed E-state index contributed by atoms with van der Waals surface area (Å²) in [6, 6.07) is 7.02. The fraction of sp³-hybridized carbons (Fsp3) is 0.231. The van der Waals surface area contributed by atoms with E-state index in [0.717, 1.165) is 5.56 Å². The second kappa shape index (κ2) is 4.93. The zero-order valence-corrected chi connectivity index (χ0v) is 9.71. The molecule has 0 saturated carbocycles. The smallest absolute Gasteiger partial charge is 0.161 e. The molecule has 1 N–H and O–H groups in total. The molecule has 4 nitrogen and oxygen atoms in total. The SMILES string of the molecule is COc1ccc([C@@H](O)c2ccoc2)cc1OC. The summed E-state index contributed by atoms with van der Waals surface area (Å²) in [6.45, 7) is 0. The van der Waals surface area contributed by atoms with E-state index in [4.69, 9.17) is 13.9 Å². The quantitative estimate of drug-likeness (QED) is 0.882. The molecule has 0 aliphatic rings. The molecule has 2 aromatic rings. The molecule has 0 fully saturated rings. The second-order valence-corrected chi connectivity index (χ2v) is 3.57. The molecule has 1 aromatic carbocycles. The Morgan fingerprint density at radius 3 is 2.41 bits per heavy atom. The lowest BCUT2D eigenvalue weighted by Gasteiger charge is -2.12. The number of hydrogen-bond acceptors (Lipinski definition) is 4. The van der Waals surface area contributed by atoms with Gasteiger partial charge in [0, 0.05) is 5.56 Å². The number of hydrogen-bond donors (Lipinski definition) is 1. The first-order valence-electron chi connectivity index (χ1n) is 5.18. The molecule has 1 aromatic heterocycles. The standard InChI is InChI=1S/C13H14O4/c1-15-11-4-3-9(7-12(11)16-2)13(14)10-5-6-17-8-10/h3-8,13-14H,1-2H3/t13-/m1/s1. The van der Waals surface area contributed by atoms with Crippen molar-refractivity contribution in [3.63, 3.8) is 0 Å². The fourth-order valence-corrected chi connectivity index (χ4v) is 1.65. The third-order valence-electron chi connectivity index (χ3n) is 2.58. The number of rotatable bonds is 4. The number of methoxy groups -OCH3 is 2. The van der Waals surface area contributed by atoms with Crippen LogP contribution in [0.2, 0.25) is 0 Å². The summed E-state index contributed by atoms with van der Waals surface area (Å²) in [5.41, 5.74) is 1.43.